The van der Waals surface area contributed by atoms with E-state index in [1.807, 2.05) is 0 Å². The Kier molecular flexibility index (Phi) is 4.69. The summed E-state index contributed by atoms with van der Waals surface area (Å²) in [6.45, 7) is 6.86. The zero-order chi connectivity index (χ0) is 15.6. The molecule has 0 radical (unpaired) electrons. The van der Waals surface area contributed by atoms with Crippen molar-refractivity contribution in [2.75, 3.05) is 39.4 Å². The average Bonchev–Trinajstić information content (AvgIpc) is 3.29. The van der Waals surface area contributed by atoms with Gasteiger partial charge in [-0.15, -0.1) is 0 Å². The number of nitrogens with zero attached hydrogens (tertiary/aromatic N) is 2. The van der Waals surface area contributed by atoms with Crippen LogP contribution in [-0.2, 0) is 16.1 Å². The summed E-state index contributed by atoms with van der Waals surface area (Å²) >= 11 is 1.77. The van der Waals surface area contributed by atoms with Gasteiger partial charge in [-0.2, -0.15) is 11.3 Å². The number of ether oxygens (including phenoxy) is 1. The number of hydrogen-bond donors (Lipinski definition) is 0. The van der Waals surface area contributed by atoms with Crippen molar-refractivity contribution in [3.63, 3.8) is 0 Å². The minimum atomic E-state index is 0.355. The smallest absolute Gasteiger partial charge is 0.222 e. The third kappa shape index (κ3) is 3.47. The number of rotatable bonds is 4. The molecule has 0 unspecified atom stereocenters. The van der Waals surface area contributed by atoms with Crippen molar-refractivity contribution in [3.05, 3.63) is 22.4 Å². The predicted octanol–water partition coefficient (Wildman–Crippen LogP) is 2.46. The molecular formula is C18H26N2O2S. The Balaban J connectivity index is 1.36. The molecule has 0 bridgehead atoms. The first-order valence-electron chi connectivity index (χ1n) is 8.88. The van der Waals surface area contributed by atoms with E-state index in [-0.39, 0.29) is 0 Å². The van der Waals surface area contributed by atoms with Crippen LogP contribution in [0.3, 0.4) is 0 Å². The fourth-order valence-electron chi connectivity index (χ4n) is 4.49. The Morgan fingerprint density at radius 1 is 1.26 bits per heavy atom. The molecule has 4 nitrogen and oxygen atoms in total. The predicted molar refractivity (Wildman–Crippen MR) is 91.3 cm³/mol. The first kappa shape index (κ1) is 15.6. The summed E-state index contributed by atoms with van der Waals surface area (Å²) < 4.78 is 5.85. The number of likely N-dealkylation sites (tertiary alicyclic amines) is 2. The monoisotopic (exact) mass is 334 g/mol. The summed E-state index contributed by atoms with van der Waals surface area (Å²) in [6.07, 6.45) is 3.04. The van der Waals surface area contributed by atoms with Crippen LogP contribution < -0.4 is 0 Å². The van der Waals surface area contributed by atoms with E-state index in [0.717, 1.165) is 45.9 Å². The summed E-state index contributed by atoms with van der Waals surface area (Å²) in [5.74, 6) is 2.01. The first-order chi connectivity index (χ1) is 11.3. The Hall–Kier alpha value is -0.910. The standard InChI is InChI=1S/C18H26N2O2S/c21-18(20-4-1-2-5-20)7-15-11-22-12-16-9-19(10-17(15)16)8-14-3-6-23-13-14/h3,6,13,15-17H,1-2,4-5,7-12H2/t15-,16-,17+/m1/s1. The van der Waals surface area contributed by atoms with Crippen LogP contribution in [0.4, 0.5) is 0 Å². The van der Waals surface area contributed by atoms with Crippen LogP contribution in [0.1, 0.15) is 24.8 Å². The highest BCUT2D eigenvalue weighted by Gasteiger charge is 2.41. The van der Waals surface area contributed by atoms with Gasteiger partial charge in [0.05, 0.1) is 13.2 Å². The fourth-order valence-corrected chi connectivity index (χ4v) is 5.15. The minimum Gasteiger partial charge on any atom is -0.381 e. The molecule has 3 aliphatic rings. The van der Waals surface area contributed by atoms with Crippen molar-refractivity contribution in [1.29, 1.82) is 0 Å². The first-order valence-corrected chi connectivity index (χ1v) is 9.83. The molecule has 4 rings (SSSR count). The SMILES string of the molecule is O=C(C[C@@H]1COC[C@H]2CN(Cc3ccsc3)C[C@@H]12)N1CCCC1. The van der Waals surface area contributed by atoms with E-state index >= 15 is 0 Å². The Bertz CT molecular complexity index is 527. The van der Waals surface area contributed by atoms with Gasteiger partial charge in [0.25, 0.3) is 0 Å². The van der Waals surface area contributed by atoms with E-state index in [1.165, 1.54) is 18.4 Å². The molecule has 0 spiro atoms. The van der Waals surface area contributed by atoms with Gasteiger partial charge >= 0.3 is 0 Å². The van der Waals surface area contributed by atoms with Crippen molar-refractivity contribution in [2.45, 2.75) is 25.8 Å². The van der Waals surface area contributed by atoms with Crippen molar-refractivity contribution in [2.24, 2.45) is 17.8 Å². The quantitative estimate of drug-likeness (QED) is 0.848. The van der Waals surface area contributed by atoms with Gasteiger partial charge in [0.2, 0.25) is 5.91 Å². The minimum absolute atomic E-state index is 0.355. The Morgan fingerprint density at radius 2 is 2.13 bits per heavy atom. The molecule has 3 atom stereocenters. The van der Waals surface area contributed by atoms with E-state index < -0.39 is 0 Å². The van der Waals surface area contributed by atoms with Crippen LogP contribution in [-0.4, -0.2) is 55.1 Å². The number of carbonyl (C=O) groups is 1. The highest BCUT2D eigenvalue weighted by Crippen LogP contribution is 2.36. The molecule has 3 saturated heterocycles. The second-order valence-electron chi connectivity index (χ2n) is 7.34. The van der Waals surface area contributed by atoms with Gasteiger partial charge in [0.1, 0.15) is 0 Å². The van der Waals surface area contributed by atoms with Crippen LogP contribution >= 0.6 is 11.3 Å². The second-order valence-corrected chi connectivity index (χ2v) is 8.12. The molecule has 0 N–H and O–H groups in total. The number of thiophene rings is 1. The molecule has 3 fully saturated rings. The maximum Gasteiger partial charge on any atom is 0.222 e. The largest absolute Gasteiger partial charge is 0.381 e. The van der Waals surface area contributed by atoms with Crippen LogP contribution in [0.5, 0.6) is 0 Å². The van der Waals surface area contributed by atoms with Crippen molar-refractivity contribution >= 4 is 17.2 Å². The third-order valence-electron chi connectivity index (χ3n) is 5.72. The maximum atomic E-state index is 12.5. The maximum absolute atomic E-state index is 12.5. The van der Waals surface area contributed by atoms with E-state index in [1.54, 1.807) is 11.3 Å². The molecule has 23 heavy (non-hydrogen) atoms. The lowest BCUT2D eigenvalue weighted by Gasteiger charge is -2.33. The molecule has 0 aliphatic carbocycles. The molecule has 0 aromatic carbocycles. The zero-order valence-corrected chi connectivity index (χ0v) is 14.5. The molecule has 5 heteroatoms. The number of fused-ring (bicyclic) bond motifs is 1. The Labute approximate surface area is 142 Å². The van der Waals surface area contributed by atoms with Crippen LogP contribution in [0.2, 0.25) is 0 Å². The van der Waals surface area contributed by atoms with Gasteiger partial charge in [-0.3, -0.25) is 9.69 Å². The van der Waals surface area contributed by atoms with Crippen molar-refractivity contribution < 1.29 is 9.53 Å². The lowest BCUT2D eigenvalue weighted by molar-refractivity contribution is -0.133. The van der Waals surface area contributed by atoms with Crippen LogP contribution in [0.25, 0.3) is 0 Å². The molecule has 0 saturated carbocycles. The highest BCUT2D eigenvalue weighted by atomic mass is 32.1. The van der Waals surface area contributed by atoms with Gasteiger partial charge in [0.15, 0.2) is 0 Å². The van der Waals surface area contributed by atoms with Crippen LogP contribution in [0.15, 0.2) is 16.8 Å². The molecule has 126 valence electrons. The number of amides is 1. The van der Waals surface area contributed by atoms with Gasteiger partial charge in [-0.25, -0.2) is 0 Å². The van der Waals surface area contributed by atoms with Gasteiger partial charge < -0.3 is 9.64 Å². The lowest BCUT2D eigenvalue weighted by atomic mass is 9.81. The molecular weight excluding hydrogens is 308 g/mol. The van der Waals surface area contributed by atoms with Crippen molar-refractivity contribution in [1.82, 2.24) is 9.80 Å². The summed E-state index contributed by atoms with van der Waals surface area (Å²) in [7, 11) is 0. The molecule has 1 aromatic heterocycles. The zero-order valence-electron chi connectivity index (χ0n) is 13.7. The summed E-state index contributed by atoms with van der Waals surface area (Å²) in [5.41, 5.74) is 1.42. The lowest BCUT2D eigenvalue weighted by Crippen LogP contribution is -2.39. The molecule has 4 heterocycles. The number of hydrogen-bond acceptors (Lipinski definition) is 4. The van der Waals surface area contributed by atoms with E-state index in [0.29, 0.717) is 30.1 Å². The van der Waals surface area contributed by atoms with Gasteiger partial charge in [-0.05, 0) is 53.0 Å². The summed E-state index contributed by atoms with van der Waals surface area (Å²) in [5, 5.41) is 4.39. The normalized spacial score (nSPS) is 31.5. The molecule has 1 amide bonds. The fraction of sp³-hybridized carbons (Fsp3) is 0.722. The second kappa shape index (κ2) is 6.91. The average molecular weight is 334 g/mol. The molecule has 1 aromatic rings. The third-order valence-corrected chi connectivity index (χ3v) is 6.45. The van der Waals surface area contributed by atoms with E-state index in [4.69, 9.17) is 4.74 Å². The van der Waals surface area contributed by atoms with E-state index in [9.17, 15) is 4.79 Å². The van der Waals surface area contributed by atoms with Gasteiger partial charge in [0, 0.05) is 39.1 Å². The van der Waals surface area contributed by atoms with Crippen molar-refractivity contribution in [3.8, 4) is 0 Å². The van der Waals surface area contributed by atoms with E-state index in [2.05, 4.69) is 26.6 Å². The molecule has 3 aliphatic heterocycles. The number of carbonyl (C=O) groups excluding carboxylic acids is 1. The van der Waals surface area contributed by atoms with Gasteiger partial charge in [-0.1, -0.05) is 0 Å². The topological polar surface area (TPSA) is 32.8 Å². The summed E-state index contributed by atoms with van der Waals surface area (Å²) in [4.78, 5) is 17.1. The Morgan fingerprint density at radius 3 is 2.91 bits per heavy atom. The summed E-state index contributed by atoms with van der Waals surface area (Å²) in [6, 6.07) is 2.22. The highest BCUT2D eigenvalue weighted by molar-refractivity contribution is 7.07. The van der Waals surface area contributed by atoms with Crippen LogP contribution in [0, 0.1) is 17.8 Å².